The van der Waals surface area contributed by atoms with Crippen LogP contribution in [0, 0.1) is 11.3 Å². The predicted octanol–water partition coefficient (Wildman–Crippen LogP) is 3.42. The largest absolute Gasteiger partial charge is 0.496 e. The summed E-state index contributed by atoms with van der Waals surface area (Å²) in [6.45, 7) is 7.69. The molecule has 0 radical (unpaired) electrons. The van der Waals surface area contributed by atoms with Crippen LogP contribution >= 0.6 is 11.6 Å². The third kappa shape index (κ3) is 3.63. The van der Waals surface area contributed by atoms with Gasteiger partial charge in [0, 0.05) is 16.0 Å². The monoisotopic (exact) mass is 398 g/mol. The molecule has 0 bridgehead atoms. The first-order valence-electron chi connectivity index (χ1n) is 8.80. The summed E-state index contributed by atoms with van der Waals surface area (Å²) in [5, 5.41) is 9.17. The number of nitrogens with zero attached hydrogens (tertiary/aromatic N) is 2. The van der Waals surface area contributed by atoms with E-state index in [0.717, 1.165) is 0 Å². The van der Waals surface area contributed by atoms with Gasteiger partial charge in [-0.2, -0.15) is 5.26 Å². The third-order valence-corrected chi connectivity index (χ3v) is 5.52. The van der Waals surface area contributed by atoms with Crippen LogP contribution in [0.25, 0.3) is 11.3 Å². The molecule has 0 atom stereocenters. The summed E-state index contributed by atoms with van der Waals surface area (Å²) in [7, 11) is -0.610. The minimum Gasteiger partial charge on any atom is -0.462 e. The predicted molar refractivity (Wildman–Crippen MR) is 107 cm³/mol. The number of aromatic nitrogens is 1. The molecule has 2 aromatic rings. The van der Waals surface area contributed by atoms with Crippen LogP contribution in [0.5, 0.6) is 5.88 Å². The number of aldehydes is 1. The molecule has 1 fully saturated rings. The van der Waals surface area contributed by atoms with Crippen molar-refractivity contribution in [3.8, 4) is 23.2 Å². The van der Waals surface area contributed by atoms with E-state index in [2.05, 4.69) is 4.98 Å². The molecule has 0 N–H and O–H groups in total. The van der Waals surface area contributed by atoms with Crippen LogP contribution in [0.4, 0.5) is 0 Å². The fourth-order valence-electron chi connectivity index (χ4n) is 2.81. The highest BCUT2D eigenvalue weighted by atomic mass is 35.5. The molecule has 144 valence electrons. The Morgan fingerprint density at radius 3 is 2.50 bits per heavy atom. The zero-order valence-electron chi connectivity index (χ0n) is 16.2. The van der Waals surface area contributed by atoms with E-state index in [1.54, 1.807) is 12.1 Å². The summed E-state index contributed by atoms with van der Waals surface area (Å²) >= 11 is 6.68. The van der Waals surface area contributed by atoms with Crippen molar-refractivity contribution in [3.63, 3.8) is 0 Å². The molecule has 3 rings (SSSR count). The van der Waals surface area contributed by atoms with Gasteiger partial charge in [-0.15, -0.1) is 0 Å². The molecule has 0 amide bonds. The standard InChI is InChI=1S/C20H20BClN2O4/c1-19(2)20(3,4)28-21(27-19)15-7-5-6-14(17(15)22)16-9-8-13(12-25)18(24-16)26-11-10-23/h5-9,12H,11H2,1-4H3. The van der Waals surface area contributed by atoms with Crippen LogP contribution in [0.1, 0.15) is 38.1 Å². The number of carbonyl (C=O) groups is 1. The number of carbonyl (C=O) groups excluding carboxylic acids is 1. The van der Waals surface area contributed by atoms with E-state index in [1.165, 1.54) is 0 Å². The number of halogens is 1. The summed E-state index contributed by atoms with van der Waals surface area (Å²) in [5.74, 6) is 0.0890. The van der Waals surface area contributed by atoms with E-state index >= 15 is 0 Å². The van der Waals surface area contributed by atoms with E-state index < -0.39 is 18.3 Å². The molecule has 2 heterocycles. The van der Waals surface area contributed by atoms with E-state index in [0.29, 0.717) is 28.0 Å². The Hall–Kier alpha value is -2.40. The molecule has 1 saturated heterocycles. The highest BCUT2D eigenvalue weighted by Crippen LogP contribution is 2.38. The maximum Gasteiger partial charge on any atom is 0.496 e. The molecule has 1 aliphatic heterocycles. The average Bonchev–Trinajstić information content (AvgIpc) is 2.87. The Kier molecular flexibility index (Phi) is 5.49. The highest BCUT2D eigenvalue weighted by Gasteiger charge is 2.52. The number of benzene rings is 1. The van der Waals surface area contributed by atoms with Crippen molar-refractivity contribution in [1.29, 1.82) is 5.26 Å². The molecule has 1 aliphatic rings. The van der Waals surface area contributed by atoms with Gasteiger partial charge >= 0.3 is 7.12 Å². The lowest BCUT2D eigenvalue weighted by Gasteiger charge is -2.32. The first kappa shape index (κ1) is 20.3. The van der Waals surface area contributed by atoms with Gasteiger partial charge < -0.3 is 14.0 Å². The summed E-state index contributed by atoms with van der Waals surface area (Å²) < 4.78 is 17.5. The van der Waals surface area contributed by atoms with E-state index in [-0.39, 0.29) is 18.1 Å². The summed E-state index contributed by atoms with van der Waals surface area (Å²) in [5.41, 5.74) is 1.14. The Labute approximate surface area is 169 Å². The Bertz CT molecular complexity index is 940. The zero-order chi connectivity index (χ0) is 20.5. The second-order valence-corrected chi connectivity index (χ2v) is 7.83. The van der Waals surface area contributed by atoms with Gasteiger partial charge in [0.2, 0.25) is 5.88 Å². The number of nitriles is 1. The van der Waals surface area contributed by atoms with Gasteiger partial charge in [0.05, 0.1) is 22.5 Å². The van der Waals surface area contributed by atoms with Crippen LogP contribution in [0.3, 0.4) is 0 Å². The topological polar surface area (TPSA) is 81.4 Å². The number of rotatable bonds is 5. The molecule has 0 spiro atoms. The fraction of sp³-hybridized carbons (Fsp3) is 0.350. The number of hydrogen-bond donors (Lipinski definition) is 0. The van der Waals surface area contributed by atoms with Crippen molar-refractivity contribution >= 4 is 30.5 Å². The first-order chi connectivity index (χ1) is 13.2. The van der Waals surface area contributed by atoms with Crippen molar-refractivity contribution in [2.75, 3.05) is 6.61 Å². The van der Waals surface area contributed by atoms with Gasteiger partial charge in [0.25, 0.3) is 0 Å². The molecule has 1 aromatic heterocycles. The normalized spacial score (nSPS) is 17.2. The van der Waals surface area contributed by atoms with Crippen molar-refractivity contribution in [3.05, 3.63) is 40.9 Å². The second kappa shape index (κ2) is 7.55. The number of ether oxygens (including phenoxy) is 1. The molecule has 8 heteroatoms. The molecule has 0 aliphatic carbocycles. The SMILES string of the molecule is CC1(C)OB(c2cccc(-c3ccc(C=O)c(OCC#N)n3)c2Cl)OC1(C)C. The van der Waals surface area contributed by atoms with Crippen LogP contribution in [-0.2, 0) is 9.31 Å². The first-order valence-corrected chi connectivity index (χ1v) is 9.18. The van der Waals surface area contributed by atoms with Crippen molar-refractivity contribution in [2.45, 2.75) is 38.9 Å². The van der Waals surface area contributed by atoms with E-state index in [1.807, 2.05) is 52.0 Å². The molecule has 0 unspecified atom stereocenters. The maximum atomic E-state index is 11.2. The van der Waals surface area contributed by atoms with Gasteiger partial charge in [-0.25, -0.2) is 4.98 Å². The van der Waals surface area contributed by atoms with E-state index in [9.17, 15) is 4.79 Å². The molecule has 6 nitrogen and oxygen atoms in total. The van der Waals surface area contributed by atoms with Crippen molar-refractivity contribution in [1.82, 2.24) is 4.98 Å². The Morgan fingerprint density at radius 2 is 1.89 bits per heavy atom. The van der Waals surface area contributed by atoms with Crippen LogP contribution in [-0.4, -0.2) is 36.2 Å². The average molecular weight is 399 g/mol. The smallest absolute Gasteiger partial charge is 0.462 e. The van der Waals surface area contributed by atoms with Crippen LogP contribution in [0.15, 0.2) is 30.3 Å². The minimum absolute atomic E-state index is 0.0890. The molecular weight excluding hydrogens is 378 g/mol. The van der Waals surface area contributed by atoms with Crippen molar-refractivity contribution in [2.24, 2.45) is 0 Å². The lowest BCUT2D eigenvalue weighted by Crippen LogP contribution is -2.41. The maximum absolute atomic E-state index is 11.2. The molecule has 28 heavy (non-hydrogen) atoms. The second-order valence-electron chi connectivity index (χ2n) is 7.45. The van der Waals surface area contributed by atoms with Gasteiger partial charge in [0.1, 0.15) is 6.07 Å². The van der Waals surface area contributed by atoms with Crippen LogP contribution in [0.2, 0.25) is 5.02 Å². The van der Waals surface area contributed by atoms with Crippen molar-refractivity contribution < 1.29 is 18.8 Å². The zero-order valence-corrected chi connectivity index (χ0v) is 16.9. The summed E-state index contributed by atoms with van der Waals surface area (Å²) in [4.78, 5) is 15.6. The number of hydrogen-bond acceptors (Lipinski definition) is 6. The Balaban J connectivity index is 2.01. The van der Waals surface area contributed by atoms with Gasteiger partial charge in [-0.05, 0) is 39.8 Å². The number of pyridine rings is 1. The third-order valence-electron chi connectivity index (χ3n) is 5.10. The summed E-state index contributed by atoms with van der Waals surface area (Å²) in [6, 6.07) is 10.6. The molecule has 1 aromatic carbocycles. The van der Waals surface area contributed by atoms with Crippen LogP contribution < -0.4 is 10.2 Å². The molecular formula is C20H20BClN2O4. The van der Waals surface area contributed by atoms with Gasteiger partial charge in [-0.1, -0.05) is 29.8 Å². The van der Waals surface area contributed by atoms with E-state index in [4.69, 9.17) is 30.9 Å². The lowest BCUT2D eigenvalue weighted by molar-refractivity contribution is 0.00578. The Morgan fingerprint density at radius 1 is 1.21 bits per heavy atom. The summed E-state index contributed by atoms with van der Waals surface area (Å²) in [6.07, 6.45) is 0.631. The quantitative estimate of drug-likeness (QED) is 0.567. The van der Waals surface area contributed by atoms with Gasteiger partial charge in [0.15, 0.2) is 12.9 Å². The van der Waals surface area contributed by atoms with Gasteiger partial charge in [-0.3, -0.25) is 4.79 Å². The lowest BCUT2D eigenvalue weighted by atomic mass is 9.78. The molecule has 0 saturated carbocycles. The fourth-order valence-corrected chi connectivity index (χ4v) is 3.12. The highest BCUT2D eigenvalue weighted by molar-refractivity contribution is 6.66. The minimum atomic E-state index is -0.610.